The Bertz CT molecular complexity index is 439. The van der Waals surface area contributed by atoms with Gasteiger partial charge in [0.15, 0.2) is 0 Å². The second kappa shape index (κ2) is 6.40. The molecule has 0 saturated heterocycles. The van der Waals surface area contributed by atoms with Crippen LogP contribution < -0.4 is 0 Å². The van der Waals surface area contributed by atoms with Gasteiger partial charge >= 0.3 is 0 Å². The van der Waals surface area contributed by atoms with Crippen LogP contribution in [0.4, 0.5) is 0 Å². The van der Waals surface area contributed by atoms with E-state index in [9.17, 15) is 0 Å². The first-order valence-electron chi connectivity index (χ1n) is 7.66. The lowest BCUT2D eigenvalue weighted by atomic mass is 9.63. The third kappa shape index (κ3) is 3.80. The largest absolute Gasteiger partial charge is 0.0922 e. The molecule has 0 nitrogen and oxygen atoms in total. The highest BCUT2D eigenvalue weighted by Gasteiger charge is 2.38. The first kappa shape index (κ1) is 16.4. The third-order valence-electron chi connectivity index (χ3n) is 5.08. The Kier molecular flexibility index (Phi) is 5.24. The summed E-state index contributed by atoms with van der Waals surface area (Å²) < 4.78 is 0. The van der Waals surface area contributed by atoms with E-state index >= 15 is 0 Å². The fourth-order valence-electron chi connectivity index (χ4n) is 3.50. The zero-order valence-corrected chi connectivity index (χ0v) is 15.2. The van der Waals surface area contributed by atoms with Crippen molar-refractivity contribution < 1.29 is 0 Å². The van der Waals surface area contributed by atoms with Crippen molar-refractivity contribution in [1.82, 2.24) is 0 Å². The zero-order chi connectivity index (χ0) is 14.8. The van der Waals surface area contributed by atoms with E-state index in [4.69, 9.17) is 11.6 Å². The van der Waals surface area contributed by atoms with E-state index in [0.717, 1.165) is 22.7 Å². The van der Waals surface area contributed by atoms with Gasteiger partial charge in [-0.3, -0.25) is 0 Å². The molecule has 0 N–H and O–H groups in total. The van der Waals surface area contributed by atoms with Crippen LogP contribution in [0.5, 0.6) is 0 Å². The Morgan fingerprint density at radius 3 is 2.30 bits per heavy atom. The van der Waals surface area contributed by atoms with Crippen LogP contribution in [-0.2, 0) is 6.42 Å². The van der Waals surface area contributed by atoms with Crippen LogP contribution >= 0.6 is 27.5 Å². The highest BCUT2D eigenvalue weighted by Crippen LogP contribution is 2.48. The van der Waals surface area contributed by atoms with Crippen molar-refractivity contribution in [2.75, 3.05) is 5.33 Å². The fraction of sp³-hybridized carbons (Fsp3) is 0.667. The Balaban J connectivity index is 2.08. The predicted molar refractivity (Wildman–Crippen MR) is 92.8 cm³/mol. The molecule has 0 heterocycles. The molecule has 1 fully saturated rings. The quantitative estimate of drug-likeness (QED) is 0.541. The van der Waals surface area contributed by atoms with Crippen LogP contribution in [-0.4, -0.2) is 5.33 Å². The summed E-state index contributed by atoms with van der Waals surface area (Å²) >= 11 is 10.1. The molecule has 0 unspecified atom stereocenters. The minimum atomic E-state index is 0.396. The highest BCUT2D eigenvalue weighted by molar-refractivity contribution is 9.09. The number of alkyl halides is 1. The summed E-state index contributed by atoms with van der Waals surface area (Å²) in [5, 5.41) is 2.01. The van der Waals surface area contributed by atoms with Gasteiger partial charge in [-0.15, -0.1) is 0 Å². The molecule has 0 aromatic heterocycles. The van der Waals surface area contributed by atoms with E-state index in [2.05, 4.69) is 48.8 Å². The minimum absolute atomic E-state index is 0.396. The van der Waals surface area contributed by atoms with Crippen molar-refractivity contribution in [3.05, 3.63) is 34.9 Å². The van der Waals surface area contributed by atoms with E-state index in [1.807, 2.05) is 12.1 Å². The average Bonchev–Trinajstić information content (AvgIpc) is 2.41. The summed E-state index contributed by atoms with van der Waals surface area (Å²) in [6.07, 6.45) is 6.42. The summed E-state index contributed by atoms with van der Waals surface area (Å²) in [5.74, 6) is 0.862. The Labute approximate surface area is 137 Å². The van der Waals surface area contributed by atoms with Crippen molar-refractivity contribution >= 4 is 27.5 Å². The van der Waals surface area contributed by atoms with Crippen molar-refractivity contribution in [1.29, 1.82) is 0 Å². The molecule has 0 amide bonds. The molecule has 0 aliphatic heterocycles. The maximum atomic E-state index is 6.35. The molecule has 0 atom stereocenters. The molecule has 112 valence electrons. The highest BCUT2D eigenvalue weighted by atomic mass is 79.9. The first-order chi connectivity index (χ1) is 9.36. The molecule has 20 heavy (non-hydrogen) atoms. The van der Waals surface area contributed by atoms with E-state index in [0.29, 0.717) is 10.8 Å². The van der Waals surface area contributed by atoms with E-state index in [1.54, 1.807) is 0 Å². The molecular formula is C18H26BrCl. The Morgan fingerprint density at radius 1 is 1.20 bits per heavy atom. The second-order valence-electron chi connectivity index (χ2n) is 7.54. The van der Waals surface area contributed by atoms with Crippen molar-refractivity contribution in [3.63, 3.8) is 0 Å². The van der Waals surface area contributed by atoms with Crippen molar-refractivity contribution in [3.8, 4) is 0 Å². The first-order valence-corrected chi connectivity index (χ1v) is 9.16. The predicted octanol–water partition coefficient (Wildman–Crippen LogP) is 6.50. The van der Waals surface area contributed by atoms with Crippen molar-refractivity contribution in [2.24, 2.45) is 16.7 Å². The second-order valence-corrected chi connectivity index (χ2v) is 8.51. The van der Waals surface area contributed by atoms with E-state index in [-0.39, 0.29) is 0 Å². The maximum Gasteiger partial charge on any atom is 0.0438 e. The van der Waals surface area contributed by atoms with Gasteiger partial charge in [-0.1, -0.05) is 66.5 Å². The summed E-state index contributed by atoms with van der Waals surface area (Å²) in [7, 11) is 0. The number of hydrogen-bond donors (Lipinski definition) is 0. The maximum absolute atomic E-state index is 6.35. The molecule has 1 aliphatic rings. The topological polar surface area (TPSA) is 0 Å². The normalized spacial score (nSPS) is 27.6. The summed E-state index contributed by atoms with van der Waals surface area (Å²) in [5.41, 5.74) is 2.15. The lowest BCUT2D eigenvalue weighted by molar-refractivity contribution is 0.103. The van der Waals surface area contributed by atoms with Gasteiger partial charge in [-0.05, 0) is 60.5 Å². The summed E-state index contributed by atoms with van der Waals surface area (Å²) in [6, 6.07) is 8.31. The third-order valence-corrected chi connectivity index (χ3v) is 6.64. The van der Waals surface area contributed by atoms with Gasteiger partial charge in [0, 0.05) is 10.4 Å². The van der Waals surface area contributed by atoms with Crippen LogP contribution in [0.25, 0.3) is 0 Å². The molecule has 1 aromatic carbocycles. The van der Waals surface area contributed by atoms with Gasteiger partial charge in [0.25, 0.3) is 0 Å². The van der Waals surface area contributed by atoms with Gasteiger partial charge in [0.1, 0.15) is 0 Å². The van der Waals surface area contributed by atoms with Gasteiger partial charge in [-0.2, -0.15) is 0 Å². The number of benzene rings is 1. The van der Waals surface area contributed by atoms with Crippen LogP contribution in [0.3, 0.4) is 0 Å². The van der Waals surface area contributed by atoms with Crippen LogP contribution in [0, 0.1) is 16.7 Å². The summed E-state index contributed by atoms with van der Waals surface area (Å²) in [6.45, 7) is 7.15. The smallest absolute Gasteiger partial charge is 0.0438 e. The number of hydrogen-bond acceptors (Lipinski definition) is 0. The van der Waals surface area contributed by atoms with E-state index in [1.165, 1.54) is 31.2 Å². The van der Waals surface area contributed by atoms with E-state index < -0.39 is 0 Å². The molecular weight excluding hydrogens is 332 g/mol. The summed E-state index contributed by atoms with van der Waals surface area (Å²) in [4.78, 5) is 0. The number of rotatable bonds is 3. The fourth-order valence-corrected chi connectivity index (χ4v) is 4.46. The molecule has 1 saturated carbocycles. The Hall–Kier alpha value is -0.0100. The molecule has 0 radical (unpaired) electrons. The van der Waals surface area contributed by atoms with Gasteiger partial charge in [0.05, 0.1) is 0 Å². The molecule has 0 bridgehead atoms. The van der Waals surface area contributed by atoms with Crippen LogP contribution in [0.15, 0.2) is 24.3 Å². The standard InChI is InChI=1S/C18H26BrCl/c1-17(2,3)15-8-10-18(13-19,11-9-15)12-14-6-4-5-7-16(14)20/h4-7,15H,8-13H2,1-3H3. The van der Waals surface area contributed by atoms with Crippen LogP contribution in [0.2, 0.25) is 5.02 Å². The van der Waals surface area contributed by atoms with Crippen molar-refractivity contribution in [2.45, 2.75) is 52.9 Å². The molecule has 2 rings (SSSR count). The van der Waals surface area contributed by atoms with Gasteiger partial charge in [0.2, 0.25) is 0 Å². The molecule has 1 aromatic rings. The molecule has 0 spiro atoms. The van der Waals surface area contributed by atoms with Gasteiger partial charge in [-0.25, -0.2) is 0 Å². The minimum Gasteiger partial charge on any atom is -0.0922 e. The average molecular weight is 358 g/mol. The monoisotopic (exact) mass is 356 g/mol. The number of halogens is 2. The zero-order valence-electron chi connectivity index (χ0n) is 12.9. The molecule has 2 heteroatoms. The Morgan fingerprint density at radius 2 is 1.80 bits per heavy atom. The lowest BCUT2D eigenvalue weighted by Crippen LogP contribution is -2.35. The SMILES string of the molecule is CC(C)(C)C1CCC(CBr)(Cc2ccccc2Cl)CC1. The lowest BCUT2D eigenvalue weighted by Gasteiger charge is -2.43. The molecule has 1 aliphatic carbocycles. The van der Waals surface area contributed by atoms with Gasteiger partial charge < -0.3 is 0 Å². The van der Waals surface area contributed by atoms with Crippen LogP contribution in [0.1, 0.15) is 52.0 Å².